The van der Waals surface area contributed by atoms with Gasteiger partial charge in [-0.15, -0.1) is 12.4 Å². The molecule has 1 aliphatic carbocycles. The number of aliphatic hydroxyl groups is 1. The van der Waals surface area contributed by atoms with Gasteiger partial charge in [-0.1, -0.05) is 48.5 Å². The second kappa shape index (κ2) is 7.04. The summed E-state index contributed by atoms with van der Waals surface area (Å²) in [6.07, 6.45) is -1.74. The Morgan fingerprint density at radius 2 is 1.60 bits per heavy atom. The van der Waals surface area contributed by atoms with Crippen LogP contribution in [0.25, 0.3) is 11.1 Å². The molecule has 2 aliphatic rings. The molecule has 1 heterocycles. The second-order valence-electron chi connectivity index (χ2n) is 6.57. The van der Waals surface area contributed by atoms with Crippen LogP contribution < -0.4 is 5.32 Å². The highest BCUT2D eigenvalue weighted by atomic mass is 35.5. The lowest BCUT2D eigenvalue weighted by molar-refractivity contribution is 0.143. The Bertz CT molecular complexity index is 737. The predicted octanol–water partition coefficient (Wildman–Crippen LogP) is 2.53. The maximum Gasteiger partial charge on any atom is 0.405 e. The van der Waals surface area contributed by atoms with E-state index in [9.17, 15) is 9.90 Å². The molecule has 0 unspecified atom stereocenters. The summed E-state index contributed by atoms with van der Waals surface area (Å²) in [5.74, 6) is 0.258. The minimum absolute atomic E-state index is 0. The van der Waals surface area contributed by atoms with Crippen molar-refractivity contribution in [2.24, 2.45) is 0 Å². The van der Waals surface area contributed by atoms with Crippen LogP contribution in [0.15, 0.2) is 48.5 Å². The van der Waals surface area contributed by atoms with Gasteiger partial charge in [0.25, 0.3) is 0 Å². The van der Waals surface area contributed by atoms with Crippen LogP contribution in [-0.4, -0.2) is 53.0 Å². The summed E-state index contributed by atoms with van der Waals surface area (Å²) in [4.78, 5) is 13.0. The molecule has 25 heavy (non-hydrogen) atoms. The molecular weight excluding hydrogens is 340 g/mol. The van der Waals surface area contributed by atoms with E-state index in [-0.39, 0.29) is 18.3 Å². The lowest BCUT2D eigenvalue weighted by atomic mass is 9.96. The Hall–Kier alpha value is -2.08. The van der Waals surface area contributed by atoms with Crippen LogP contribution in [0.4, 0.5) is 4.79 Å². The molecule has 1 amide bonds. The summed E-state index contributed by atoms with van der Waals surface area (Å²) < 4.78 is 0. The normalized spacial score (nSPS) is 22.1. The highest BCUT2D eigenvalue weighted by Gasteiger charge is 2.36. The van der Waals surface area contributed by atoms with Crippen molar-refractivity contribution in [2.45, 2.75) is 18.1 Å². The van der Waals surface area contributed by atoms with E-state index in [2.05, 4.69) is 58.7 Å². The molecule has 0 spiro atoms. The molecule has 6 heteroatoms. The predicted molar refractivity (Wildman–Crippen MR) is 98.4 cm³/mol. The van der Waals surface area contributed by atoms with Gasteiger partial charge in [-0.25, -0.2) is 4.79 Å². The van der Waals surface area contributed by atoms with Gasteiger partial charge in [0.15, 0.2) is 0 Å². The Morgan fingerprint density at radius 3 is 2.16 bits per heavy atom. The van der Waals surface area contributed by atoms with E-state index < -0.39 is 18.2 Å². The number of amides is 1. The molecule has 2 aromatic rings. The van der Waals surface area contributed by atoms with Crippen LogP contribution in [0.5, 0.6) is 0 Å². The molecule has 1 saturated heterocycles. The number of aliphatic hydroxyl groups excluding tert-OH is 1. The first kappa shape index (κ1) is 17.7. The van der Waals surface area contributed by atoms with Gasteiger partial charge in [-0.2, -0.15) is 0 Å². The van der Waals surface area contributed by atoms with Crippen LogP contribution in [0, 0.1) is 0 Å². The number of carbonyl (C=O) groups is 1. The molecule has 0 radical (unpaired) electrons. The van der Waals surface area contributed by atoms with E-state index in [1.807, 2.05) is 0 Å². The quantitative estimate of drug-likeness (QED) is 0.786. The van der Waals surface area contributed by atoms with Crippen molar-refractivity contribution in [1.29, 1.82) is 0 Å². The zero-order valence-corrected chi connectivity index (χ0v) is 14.4. The van der Waals surface area contributed by atoms with Gasteiger partial charge in [0.05, 0.1) is 12.1 Å². The maximum atomic E-state index is 10.8. The molecule has 4 rings (SSSR count). The third-order valence-corrected chi connectivity index (χ3v) is 5.08. The molecule has 132 valence electrons. The van der Waals surface area contributed by atoms with E-state index in [1.165, 1.54) is 22.3 Å². The summed E-state index contributed by atoms with van der Waals surface area (Å²) >= 11 is 0. The molecule has 2 atom stereocenters. The summed E-state index contributed by atoms with van der Waals surface area (Å²) in [7, 11) is 0. The van der Waals surface area contributed by atoms with Crippen molar-refractivity contribution in [3.8, 4) is 11.1 Å². The van der Waals surface area contributed by atoms with Gasteiger partial charge < -0.3 is 15.5 Å². The Balaban J connectivity index is 0.00000182. The van der Waals surface area contributed by atoms with E-state index in [1.54, 1.807) is 0 Å². The monoisotopic (exact) mass is 360 g/mol. The van der Waals surface area contributed by atoms with E-state index in [0.29, 0.717) is 13.1 Å². The average Bonchev–Trinajstić information content (AvgIpc) is 3.07. The number of nitrogens with one attached hydrogen (secondary N) is 1. The lowest BCUT2D eigenvalue weighted by Crippen LogP contribution is -2.42. The van der Waals surface area contributed by atoms with Crippen LogP contribution >= 0.6 is 12.4 Å². The molecule has 0 saturated carbocycles. The summed E-state index contributed by atoms with van der Waals surface area (Å²) in [5, 5.41) is 21.4. The molecule has 2 aromatic carbocycles. The zero-order valence-electron chi connectivity index (χ0n) is 13.6. The average molecular weight is 361 g/mol. The van der Waals surface area contributed by atoms with Crippen LogP contribution in [0.1, 0.15) is 17.0 Å². The molecule has 3 N–H and O–H groups in total. The highest BCUT2D eigenvalue weighted by Crippen LogP contribution is 2.44. The second-order valence-corrected chi connectivity index (χ2v) is 6.57. The number of rotatable bonds is 3. The van der Waals surface area contributed by atoms with Crippen molar-refractivity contribution in [3.63, 3.8) is 0 Å². The van der Waals surface area contributed by atoms with Crippen LogP contribution in [0.2, 0.25) is 0 Å². The standard InChI is InChI=1S/C19H20N2O3.ClH/c22-18-11-21(10-17(18)20-19(23)24)9-16-14-7-3-1-5-12(14)13-6-2-4-8-15(13)16;/h1-8,16-18,20,22H,9-11H2,(H,23,24);1H/t17-,18-;/m1./s1. The fourth-order valence-corrected chi connectivity index (χ4v) is 4.03. The van der Waals surface area contributed by atoms with Gasteiger partial charge in [0.2, 0.25) is 0 Å². The summed E-state index contributed by atoms with van der Waals surface area (Å²) in [6, 6.07) is 16.5. The number of benzene rings is 2. The zero-order chi connectivity index (χ0) is 16.7. The van der Waals surface area contributed by atoms with Gasteiger partial charge in [-0.3, -0.25) is 4.90 Å². The molecule has 0 bridgehead atoms. The minimum Gasteiger partial charge on any atom is -0.465 e. The number of nitrogens with zero attached hydrogens (tertiary/aromatic N) is 1. The summed E-state index contributed by atoms with van der Waals surface area (Å²) in [5.41, 5.74) is 5.17. The number of hydrogen-bond acceptors (Lipinski definition) is 3. The number of β-amino-alcohol motifs (C(OH)–C–C–N with tert-alkyl or cyclic N) is 1. The molecule has 5 nitrogen and oxygen atoms in total. The van der Waals surface area contributed by atoms with Crippen LogP contribution in [0.3, 0.4) is 0 Å². The number of halogens is 1. The number of carboxylic acid groups (broad SMARTS) is 1. The first-order valence-corrected chi connectivity index (χ1v) is 8.21. The smallest absolute Gasteiger partial charge is 0.405 e. The molecule has 1 aliphatic heterocycles. The van der Waals surface area contributed by atoms with Gasteiger partial charge in [0.1, 0.15) is 0 Å². The first-order chi connectivity index (χ1) is 11.6. The van der Waals surface area contributed by atoms with Gasteiger partial charge in [-0.05, 0) is 22.3 Å². The number of fused-ring (bicyclic) bond motifs is 3. The third-order valence-electron chi connectivity index (χ3n) is 5.08. The molecular formula is C19H21ClN2O3. The summed E-state index contributed by atoms with van der Waals surface area (Å²) in [6.45, 7) is 1.81. The number of likely N-dealkylation sites (tertiary alicyclic amines) is 1. The fourth-order valence-electron chi connectivity index (χ4n) is 4.03. The first-order valence-electron chi connectivity index (χ1n) is 8.21. The Morgan fingerprint density at radius 1 is 1.04 bits per heavy atom. The Labute approximate surface area is 152 Å². The van der Waals surface area contributed by atoms with Crippen molar-refractivity contribution >= 4 is 18.5 Å². The van der Waals surface area contributed by atoms with Crippen LogP contribution in [-0.2, 0) is 0 Å². The van der Waals surface area contributed by atoms with Gasteiger partial charge in [0, 0.05) is 25.6 Å². The minimum atomic E-state index is -1.09. The largest absolute Gasteiger partial charge is 0.465 e. The number of hydrogen-bond donors (Lipinski definition) is 3. The van der Waals surface area contributed by atoms with Crippen molar-refractivity contribution in [1.82, 2.24) is 10.2 Å². The van der Waals surface area contributed by atoms with Crippen molar-refractivity contribution in [2.75, 3.05) is 19.6 Å². The Kier molecular flexibility index (Phi) is 4.99. The van der Waals surface area contributed by atoms with E-state index in [4.69, 9.17) is 5.11 Å². The molecule has 1 fully saturated rings. The maximum absolute atomic E-state index is 10.8. The molecule has 0 aromatic heterocycles. The lowest BCUT2D eigenvalue weighted by Gasteiger charge is -2.22. The van der Waals surface area contributed by atoms with Crippen molar-refractivity contribution < 1.29 is 15.0 Å². The SMILES string of the molecule is Cl.O=C(O)N[C@@H]1CN(CC2c3ccccc3-c3ccccc32)C[C@H]1O. The van der Waals surface area contributed by atoms with Crippen molar-refractivity contribution in [3.05, 3.63) is 59.7 Å². The third kappa shape index (κ3) is 3.23. The highest BCUT2D eigenvalue weighted by molar-refractivity contribution is 5.85. The van der Waals surface area contributed by atoms with Gasteiger partial charge >= 0.3 is 6.09 Å². The fraction of sp³-hybridized carbons (Fsp3) is 0.316. The van der Waals surface area contributed by atoms with E-state index in [0.717, 1.165) is 6.54 Å². The van der Waals surface area contributed by atoms with E-state index >= 15 is 0 Å². The topological polar surface area (TPSA) is 72.8 Å².